The van der Waals surface area contributed by atoms with E-state index < -0.39 is 0 Å². The van der Waals surface area contributed by atoms with Crippen LogP contribution in [0, 0.1) is 6.92 Å². The highest BCUT2D eigenvalue weighted by Crippen LogP contribution is 2.22. The molecule has 1 heterocycles. The van der Waals surface area contributed by atoms with Crippen LogP contribution in [0.1, 0.15) is 18.4 Å². The first-order valence-electron chi connectivity index (χ1n) is 6.39. The summed E-state index contributed by atoms with van der Waals surface area (Å²) in [6.07, 6.45) is 2.14. The van der Waals surface area contributed by atoms with E-state index in [0.29, 0.717) is 12.3 Å². The van der Waals surface area contributed by atoms with Gasteiger partial charge in [0.25, 0.3) is 0 Å². The number of benzene rings is 1. The summed E-state index contributed by atoms with van der Waals surface area (Å²) >= 11 is 1.60. The van der Waals surface area contributed by atoms with Gasteiger partial charge in [-0.2, -0.15) is 0 Å². The number of thioether (sulfide) groups is 1. The van der Waals surface area contributed by atoms with Gasteiger partial charge in [0.1, 0.15) is 0 Å². The zero-order chi connectivity index (χ0) is 13.0. The third-order valence-corrected chi connectivity index (χ3v) is 4.35. The van der Waals surface area contributed by atoms with Crippen molar-refractivity contribution < 1.29 is 4.79 Å². The summed E-state index contributed by atoms with van der Waals surface area (Å²) in [7, 11) is 0. The molecule has 2 rings (SSSR count). The van der Waals surface area contributed by atoms with Crippen molar-refractivity contribution in [1.82, 2.24) is 4.90 Å². The molecule has 0 radical (unpaired) electrons. The zero-order valence-electron chi connectivity index (χ0n) is 10.8. The number of amides is 1. The minimum Gasteiger partial charge on any atom is -0.338 e. The predicted octanol–water partition coefficient (Wildman–Crippen LogP) is 2.04. The number of hydrogen-bond acceptors (Lipinski definition) is 3. The standard InChI is InChI=1S/C14H20N2OS/c1-11-4-6-13(7-5-11)18-10-14(17)16-8-2-3-12(16)9-15/h4-7,12H,2-3,8-10,15H2,1H3. The van der Waals surface area contributed by atoms with E-state index in [-0.39, 0.29) is 11.9 Å². The molecule has 3 nitrogen and oxygen atoms in total. The Morgan fingerprint density at radius 2 is 2.17 bits per heavy atom. The summed E-state index contributed by atoms with van der Waals surface area (Å²) in [6.45, 7) is 3.52. The Hall–Kier alpha value is -1.00. The van der Waals surface area contributed by atoms with Gasteiger partial charge in [0, 0.05) is 24.0 Å². The van der Waals surface area contributed by atoms with Crippen LogP contribution in [0.25, 0.3) is 0 Å². The van der Waals surface area contributed by atoms with Crippen molar-refractivity contribution in [2.45, 2.75) is 30.7 Å². The maximum atomic E-state index is 12.1. The quantitative estimate of drug-likeness (QED) is 0.847. The maximum absolute atomic E-state index is 12.1. The van der Waals surface area contributed by atoms with Crippen LogP contribution in [0.15, 0.2) is 29.2 Å². The predicted molar refractivity (Wildman–Crippen MR) is 75.7 cm³/mol. The molecule has 1 atom stereocenters. The Morgan fingerprint density at radius 3 is 2.83 bits per heavy atom. The molecule has 1 saturated heterocycles. The second-order valence-electron chi connectivity index (χ2n) is 4.72. The summed E-state index contributed by atoms with van der Waals surface area (Å²) in [4.78, 5) is 15.2. The molecule has 1 aromatic rings. The molecule has 1 fully saturated rings. The topological polar surface area (TPSA) is 46.3 Å². The van der Waals surface area contributed by atoms with E-state index in [9.17, 15) is 4.79 Å². The summed E-state index contributed by atoms with van der Waals surface area (Å²) in [5.41, 5.74) is 6.93. The van der Waals surface area contributed by atoms with Gasteiger partial charge in [-0.25, -0.2) is 0 Å². The van der Waals surface area contributed by atoms with Crippen LogP contribution in [-0.2, 0) is 4.79 Å². The highest BCUT2D eigenvalue weighted by Gasteiger charge is 2.27. The molecule has 4 heteroatoms. The molecule has 18 heavy (non-hydrogen) atoms. The normalized spacial score (nSPS) is 19.2. The summed E-state index contributed by atoms with van der Waals surface area (Å²) in [6, 6.07) is 8.54. The van der Waals surface area contributed by atoms with Gasteiger partial charge in [-0.05, 0) is 31.9 Å². The van der Waals surface area contributed by atoms with Crippen molar-refractivity contribution in [3.8, 4) is 0 Å². The monoisotopic (exact) mass is 264 g/mol. The number of aryl methyl sites for hydroxylation is 1. The number of hydrogen-bond donors (Lipinski definition) is 1. The molecule has 0 bridgehead atoms. The Kier molecular flexibility index (Phi) is 4.66. The summed E-state index contributed by atoms with van der Waals surface area (Å²) in [5, 5.41) is 0. The third kappa shape index (κ3) is 3.27. The van der Waals surface area contributed by atoms with Crippen LogP contribution in [0.3, 0.4) is 0 Å². The van der Waals surface area contributed by atoms with E-state index in [4.69, 9.17) is 5.73 Å². The van der Waals surface area contributed by atoms with Crippen LogP contribution in [0.4, 0.5) is 0 Å². The lowest BCUT2D eigenvalue weighted by molar-refractivity contribution is -0.128. The first-order valence-corrected chi connectivity index (χ1v) is 7.38. The Labute approximate surface area is 113 Å². The lowest BCUT2D eigenvalue weighted by Gasteiger charge is -2.23. The van der Waals surface area contributed by atoms with Crippen molar-refractivity contribution in [2.24, 2.45) is 5.73 Å². The number of carbonyl (C=O) groups is 1. The van der Waals surface area contributed by atoms with E-state index in [1.54, 1.807) is 11.8 Å². The van der Waals surface area contributed by atoms with Crippen molar-refractivity contribution in [3.63, 3.8) is 0 Å². The number of nitrogens with two attached hydrogens (primary N) is 1. The fraction of sp³-hybridized carbons (Fsp3) is 0.500. The van der Waals surface area contributed by atoms with Gasteiger partial charge >= 0.3 is 0 Å². The lowest BCUT2D eigenvalue weighted by atomic mass is 10.2. The fourth-order valence-corrected chi connectivity index (χ4v) is 3.06. The first-order chi connectivity index (χ1) is 8.70. The highest BCUT2D eigenvalue weighted by molar-refractivity contribution is 8.00. The number of nitrogens with zero attached hydrogens (tertiary/aromatic N) is 1. The smallest absolute Gasteiger partial charge is 0.233 e. The first kappa shape index (κ1) is 13.4. The molecule has 1 unspecified atom stereocenters. The Bertz CT molecular complexity index is 405. The van der Waals surface area contributed by atoms with Crippen molar-refractivity contribution in [3.05, 3.63) is 29.8 Å². The molecule has 1 amide bonds. The van der Waals surface area contributed by atoms with Gasteiger partial charge in [-0.3, -0.25) is 4.79 Å². The van der Waals surface area contributed by atoms with Crippen LogP contribution >= 0.6 is 11.8 Å². The second-order valence-corrected chi connectivity index (χ2v) is 5.77. The molecule has 0 aromatic heterocycles. The number of carbonyl (C=O) groups excluding carboxylic acids is 1. The van der Waals surface area contributed by atoms with Crippen LogP contribution in [0.2, 0.25) is 0 Å². The van der Waals surface area contributed by atoms with Gasteiger partial charge in [0.15, 0.2) is 0 Å². The average molecular weight is 264 g/mol. The van der Waals surface area contributed by atoms with Crippen molar-refractivity contribution >= 4 is 17.7 Å². The van der Waals surface area contributed by atoms with Gasteiger partial charge in [-0.1, -0.05) is 17.7 Å². The van der Waals surface area contributed by atoms with Crippen LogP contribution in [-0.4, -0.2) is 35.7 Å². The minimum absolute atomic E-state index is 0.216. The largest absolute Gasteiger partial charge is 0.338 e. The zero-order valence-corrected chi connectivity index (χ0v) is 11.6. The minimum atomic E-state index is 0.216. The van der Waals surface area contributed by atoms with Gasteiger partial charge in [0.05, 0.1) is 5.75 Å². The van der Waals surface area contributed by atoms with Crippen molar-refractivity contribution in [1.29, 1.82) is 0 Å². The Balaban J connectivity index is 1.86. The molecule has 0 saturated carbocycles. The molecule has 1 aliphatic heterocycles. The van der Waals surface area contributed by atoms with E-state index in [1.165, 1.54) is 5.56 Å². The number of likely N-dealkylation sites (tertiary alicyclic amines) is 1. The van der Waals surface area contributed by atoms with Gasteiger partial charge in [-0.15, -0.1) is 11.8 Å². The van der Waals surface area contributed by atoms with Crippen LogP contribution < -0.4 is 5.73 Å². The molecule has 1 aliphatic rings. The molecule has 98 valence electrons. The molecule has 0 spiro atoms. The molecular weight excluding hydrogens is 244 g/mol. The average Bonchev–Trinajstić information content (AvgIpc) is 2.86. The lowest BCUT2D eigenvalue weighted by Crippen LogP contribution is -2.40. The fourth-order valence-electron chi connectivity index (χ4n) is 2.27. The Morgan fingerprint density at radius 1 is 1.44 bits per heavy atom. The third-order valence-electron chi connectivity index (χ3n) is 3.35. The molecule has 1 aromatic carbocycles. The summed E-state index contributed by atoms with van der Waals surface area (Å²) in [5.74, 6) is 0.730. The van der Waals surface area contributed by atoms with Crippen LogP contribution in [0.5, 0.6) is 0 Å². The molecule has 2 N–H and O–H groups in total. The van der Waals surface area contributed by atoms with E-state index in [2.05, 4.69) is 31.2 Å². The van der Waals surface area contributed by atoms with Crippen molar-refractivity contribution in [2.75, 3.05) is 18.8 Å². The van der Waals surface area contributed by atoms with E-state index in [0.717, 1.165) is 24.3 Å². The molecule has 0 aliphatic carbocycles. The van der Waals surface area contributed by atoms with Gasteiger partial charge in [0.2, 0.25) is 5.91 Å². The summed E-state index contributed by atoms with van der Waals surface area (Å²) < 4.78 is 0. The second kappa shape index (κ2) is 6.25. The molecular formula is C14H20N2OS. The van der Waals surface area contributed by atoms with Gasteiger partial charge < -0.3 is 10.6 Å². The van der Waals surface area contributed by atoms with E-state index >= 15 is 0 Å². The highest BCUT2D eigenvalue weighted by atomic mass is 32.2. The SMILES string of the molecule is Cc1ccc(SCC(=O)N2CCCC2CN)cc1. The van der Waals surface area contributed by atoms with E-state index in [1.807, 2.05) is 4.90 Å². The number of rotatable bonds is 4. The maximum Gasteiger partial charge on any atom is 0.233 e.